The summed E-state index contributed by atoms with van der Waals surface area (Å²) >= 11 is 0. The summed E-state index contributed by atoms with van der Waals surface area (Å²) in [4.78, 5) is 9.24. The lowest BCUT2D eigenvalue weighted by molar-refractivity contribution is 0.302. The van der Waals surface area contributed by atoms with E-state index in [4.69, 9.17) is 14.5 Å². The van der Waals surface area contributed by atoms with Gasteiger partial charge in [-0.3, -0.25) is 9.89 Å². The smallest absolute Gasteiger partial charge is 0.194 e. The summed E-state index contributed by atoms with van der Waals surface area (Å²) in [6.07, 6.45) is 0.921. The zero-order chi connectivity index (χ0) is 20.9. The van der Waals surface area contributed by atoms with Crippen LogP contribution >= 0.6 is 24.0 Å². The van der Waals surface area contributed by atoms with E-state index in [0.29, 0.717) is 19.6 Å². The molecule has 1 fully saturated rings. The lowest BCUT2D eigenvalue weighted by atomic mass is 9.99. The van der Waals surface area contributed by atoms with Gasteiger partial charge in [0.2, 0.25) is 0 Å². The van der Waals surface area contributed by atoms with Crippen molar-refractivity contribution in [2.24, 2.45) is 4.99 Å². The highest BCUT2D eigenvalue weighted by molar-refractivity contribution is 14.0. The second-order valence-corrected chi connectivity index (χ2v) is 9.68. The number of rotatable bonds is 6. The van der Waals surface area contributed by atoms with E-state index in [1.807, 2.05) is 0 Å². The Morgan fingerprint density at radius 2 is 1.73 bits per heavy atom. The first kappa shape index (κ1) is 25.0. The summed E-state index contributed by atoms with van der Waals surface area (Å²) in [5.74, 6) is 2.92. The first-order valence-corrected chi connectivity index (χ1v) is 12.0. The van der Waals surface area contributed by atoms with Gasteiger partial charge in [-0.15, -0.1) is 24.0 Å². The van der Waals surface area contributed by atoms with Crippen LogP contribution < -0.4 is 14.8 Å². The molecule has 0 amide bonds. The molecule has 10 heteroatoms. The Labute approximate surface area is 196 Å². The van der Waals surface area contributed by atoms with E-state index in [-0.39, 0.29) is 35.5 Å². The van der Waals surface area contributed by atoms with Gasteiger partial charge in [0.25, 0.3) is 0 Å². The third-order valence-electron chi connectivity index (χ3n) is 5.47. The van der Waals surface area contributed by atoms with Crippen molar-refractivity contribution in [3.05, 3.63) is 23.3 Å². The maximum absolute atomic E-state index is 11.6. The van der Waals surface area contributed by atoms with Gasteiger partial charge >= 0.3 is 0 Å². The number of ether oxygens (including phenoxy) is 2. The first-order chi connectivity index (χ1) is 14.0. The fraction of sp³-hybridized carbons (Fsp3) is 0.650. The average Bonchev–Trinajstić information content (AvgIpc) is 2.72. The van der Waals surface area contributed by atoms with Crippen LogP contribution in [0.3, 0.4) is 0 Å². The molecule has 0 saturated carbocycles. The maximum Gasteiger partial charge on any atom is 0.194 e. The quantitative estimate of drug-likeness (QED) is 0.325. The van der Waals surface area contributed by atoms with E-state index in [1.165, 1.54) is 11.1 Å². The molecule has 170 valence electrons. The van der Waals surface area contributed by atoms with Crippen molar-refractivity contribution < 1.29 is 17.9 Å². The molecule has 0 atom stereocenters. The normalized spacial score (nSPS) is 18.9. The van der Waals surface area contributed by atoms with Gasteiger partial charge in [0, 0.05) is 39.3 Å². The molecule has 0 radical (unpaired) electrons. The lowest BCUT2D eigenvalue weighted by Crippen LogP contribution is -2.45. The number of sulfone groups is 1. The number of hydrogen-bond donors (Lipinski definition) is 1. The van der Waals surface area contributed by atoms with E-state index >= 15 is 0 Å². The van der Waals surface area contributed by atoms with Crippen molar-refractivity contribution in [3.8, 4) is 11.5 Å². The van der Waals surface area contributed by atoms with Gasteiger partial charge in [-0.2, -0.15) is 0 Å². The standard InChI is InChI=1S/C20H32N4O4S.HI/c1-4-21-20(22-6-8-23-9-11-29(25,26)12-10-23)24-7-5-16-13-18(27-2)19(28-3)14-17(16)15-24;/h13-14H,4-12,15H2,1-3H3,(H,21,22);1H. The molecule has 2 heterocycles. The minimum absolute atomic E-state index is 0. The fourth-order valence-electron chi connectivity index (χ4n) is 3.76. The Hall–Kier alpha value is -1.27. The van der Waals surface area contributed by atoms with Crippen LogP contribution in [0.5, 0.6) is 11.5 Å². The van der Waals surface area contributed by atoms with Crippen molar-refractivity contribution in [3.63, 3.8) is 0 Å². The number of benzene rings is 1. The van der Waals surface area contributed by atoms with Gasteiger partial charge in [0.1, 0.15) is 0 Å². The predicted molar refractivity (Wildman–Crippen MR) is 130 cm³/mol. The molecular weight excluding hydrogens is 519 g/mol. The lowest BCUT2D eigenvalue weighted by Gasteiger charge is -2.32. The zero-order valence-corrected chi connectivity index (χ0v) is 21.2. The van der Waals surface area contributed by atoms with Gasteiger partial charge in [-0.25, -0.2) is 8.42 Å². The molecule has 1 saturated heterocycles. The SMILES string of the molecule is CCNC(=NCCN1CCS(=O)(=O)CC1)N1CCc2cc(OC)c(OC)cc2C1.I. The van der Waals surface area contributed by atoms with Crippen molar-refractivity contribution in [2.45, 2.75) is 19.9 Å². The third-order valence-corrected chi connectivity index (χ3v) is 7.08. The monoisotopic (exact) mass is 552 g/mol. The Morgan fingerprint density at radius 1 is 1.10 bits per heavy atom. The number of aliphatic imine (C=N–C) groups is 1. The molecule has 0 spiro atoms. The molecule has 1 aromatic carbocycles. The number of hydrogen-bond acceptors (Lipinski definition) is 6. The molecule has 2 aliphatic heterocycles. The second kappa shape index (κ2) is 11.4. The number of fused-ring (bicyclic) bond motifs is 1. The number of guanidine groups is 1. The summed E-state index contributed by atoms with van der Waals surface area (Å²) in [5.41, 5.74) is 2.50. The van der Waals surface area contributed by atoms with Crippen LogP contribution in [0.1, 0.15) is 18.1 Å². The van der Waals surface area contributed by atoms with Crippen molar-refractivity contribution in [1.82, 2.24) is 15.1 Å². The Balaban J connectivity index is 0.00000320. The topological polar surface area (TPSA) is 83.5 Å². The van der Waals surface area contributed by atoms with Crippen LogP contribution in [0.4, 0.5) is 0 Å². The van der Waals surface area contributed by atoms with Crippen molar-refractivity contribution >= 4 is 39.8 Å². The van der Waals surface area contributed by atoms with Gasteiger partial charge in [-0.1, -0.05) is 0 Å². The second-order valence-electron chi connectivity index (χ2n) is 7.38. The van der Waals surface area contributed by atoms with E-state index in [1.54, 1.807) is 14.2 Å². The summed E-state index contributed by atoms with van der Waals surface area (Å²) in [6, 6.07) is 4.12. The fourth-order valence-corrected chi connectivity index (χ4v) is 5.04. The molecule has 0 aromatic heterocycles. The Bertz CT molecular complexity index is 833. The predicted octanol–water partition coefficient (Wildman–Crippen LogP) is 1.38. The third kappa shape index (κ3) is 6.36. The van der Waals surface area contributed by atoms with E-state index in [2.05, 4.69) is 34.2 Å². The number of nitrogens with zero attached hydrogens (tertiary/aromatic N) is 3. The number of halogens is 1. The molecule has 8 nitrogen and oxygen atoms in total. The summed E-state index contributed by atoms with van der Waals surface area (Å²) < 4.78 is 34.0. The van der Waals surface area contributed by atoms with E-state index < -0.39 is 9.84 Å². The molecule has 30 heavy (non-hydrogen) atoms. The molecule has 1 aromatic rings. The van der Waals surface area contributed by atoms with Crippen LogP contribution in [0.15, 0.2) is 17.1 Å². The van der Waals surface area contributed by atoms with Gasteiger partial charge in [0.05, 0.1) is 32.3 Å². The molecule has 0 bridgehead atoms. The molecule has 3 rings (SSSR count). The van der Waals surface area contributed by atoms with Crippen LogP contribution in [-0.2, 0) is 22.8 Å². The van der Waals surface area contributed by atoms with Gasteiger partial charge in [0.15, 0.2) is 27.3 Å². The highest BCUT2D eigenvalue weighted by Crippen LogP contribution is 2.33. The van der Waals surface area contributed by atoms with Gasteiger partial charge < -0.3 is 19.7 Å². The highest BCUT2D eigenvalue weighted by Gasteiger charge is 2.23. The summed E-state index contributed by atoms with van der Waals surface area (Å²) in [6.45, 7) is 7.16. The zero-order valence-electron chi connectivity index (χ0n) is 18.0. The van der Waals surface area contributed by atoms with Crippen LogP contribution in [0, 0.1) is 0 Å². The van der Waals surface area contributed by atoms with Crippen LogP contribution in [0.2, 0.25) is 0 Å². The highest BCUT2D eigenvalue weighted by atomic mass is 127. The minimum Gasteiger partial charge on any atom is -0.493 e. The average molecular weight is 552 g/mol. The number of methoxy groups -OCH3 is 2. The van der Waals surface area contributed by atoms with E-state index in [9.17, 15) is 8.42 Å². The van der Waals surface area contributed by atoms with Crippen LogP contribution in [-0.4, -0.2) is 89.2 Å². The summed E-state index contributed by atoms with van der Waals surface area (Å²) in [7, 11) is 0.475. The molecule has 0 unspecified atom stereocenters. The minimum atomic E-state index is -2.84. The molecule has 2 aliphatic rings. The van der Waals surface area contributed by atoms with Crippen LogP contribution in [0.25, 0.3) is 0 Å². The largest absolute Gasteiger partial charge is 0.493 e. The van der Waals surface area contributed by atoms with Gasteiger partial charge in [-0.05, 0) is 36.6 Å². The number of nitrogens with one attached hydrogen (secondary N) is 1. The molecular formula is C20H33IN4O4S. The first-order valence-electron chi connectivity index (χ1n) is 10.2. The Morgan fingerprint density at radius 3 is 2.33 bits per heavy atom. The van der Waals surface area contributed by atoms with E-state index in [0.717, 1.165) is 50.1 Å². The maximum atomic E-state index is 11.6. The molecule has 1 N–H and O–H groups in total. The Kier molecular flexibility index (Phi) is 9.48. The van der Waals surface area contributed by atoms with Crippen molar-refractivity contribution in [2.75, 3.05) is 65.0 Å². The van der Waals surface area contributed by atoms with Crippen molar-refractivity contribution in [1.29, 1.82) is 0 Å². The summed E-state index contributed by atoms with van der Waals surface area (Å²) in [5, 5.41) is 3.39. The molecule has 0 aliphatic carbocycles.